The number of hydrogen-bond acceptors (Lipinski definition) is 2. The lowest BCUT2D eigenvalue weighted by Gasteiger charge is -2.25. The monoisotopic (exact) mass is 226 g/mol. The zero-order chi connectivity index (χ0) is 10.7. The van der Waals surface area contributed by atoms with E-state index in [0.717, 1.165) is 5.92 Å². The van der Waals surface area contributed by atoms with Crippen LogP contribution in [0.25, 0.3) is 0 Å². The topological polar surface area (TPSA) is 24.4 Å². The lowest BCUT2D eigenvalue weighted by Crippen LogP contribution is -2.25. The molecule has 1 unspecified atom stereocenters. The van der Waals surface area contributed by atoms with Gasteiger partial charge in [-0.25, -0.2) is 0 Å². The van der Waals surface area contributed by atoms with Gasteiger partial charge < -0.3 is 5.32 Å². The van der Waals surface area contributed by atoms with Crippen molar-refractivity contribution in [2.75, 3.05) is 5.75 Å². The minimum absolute atomic E-state index is 0.605. The summed E-state index contributed by atoms with van der Waals surface area (Å²) in [5.74, 6) is 2.16. The molecule has 0 aromatic heterocycles. The average molecular weight is 226 g/mol. The van der Waals surface area contributed by atoms with E-state index in [1.165, 1.54) is 43.0 Å². The predicted octanol–water partition coefficient (Wildman–Crippen LogP) is 3.04. The van der Waals surface area contributed by atoms with Crippen molar-refractivity contribution in [3.05, 3.63) is 0 Å². The number of rotatable bonds is 2. The molecule has 0 radical (unpaired) electrons. The van der Waals surface area contributed by atoms with Crippen LogP contribution < -0.4 is 5.32 Å². The Morgan fingerprint density at radius 3 is 2.60 bits per heavy atom. The van der Waals surface area contributed by atoms with Crippen molar-refractivity contribution in [2.45, 2.75) is 58.0 Å². The molecule has 0 amide bonds. The molecular weight excluding hydrogens is 204 g/mol. The lowest BCUT2D eigenvalue weighted by atomic mass is 9.85. The molecule has 2 aliphatic rings. The predicted molar refractivity (Wildman–Crippen MR) is 68.5 cm³/mol. The van der Waals surface area contributed by atoms with Crippen molar-refractivity contribution in [1.82, 2.24) is 5.32 Å². The summed E-state index contributed by atoms with van der Waals surface area (Å²) in [5.41, 5.74) is 0. The second kappa shape index (κ2) is 5.24. The van der Waals surface area contributed by atoms with Gasteiger partial charge in [-0.1, -0.05) is 25.1 Å². The maximum Gasteiger partial charge on any atom is 0.157 e. The molecule has 2 nitrogen and oxygen atoms in total. The fourth-order valence-electron chi connectivity index (χ4n) is 2.42. The normalized spacial score (nSPS) is 39.3. The third-order valence-corrected chi connectivity index (χ3v) is 4.70. The van der Waals surface area contributed by atoms with Gasteiger partial charge in [-0.3, -0.25) is 4.99 Å². The van der Waals surface area contributed by atoms with Crippen LogP contribution in [0.1, 0.15) is 46.0 Å². The van der Waals surface area contributed by atoms with Gasteiger partial charge in [0.2, 0.25) is 0 Å². The second-order valence-electron chi connectivity index (χ2n) is 4.87. The van der Waals surface area contributed by atoms with Gasteiger partial charge in [-0.15, -0.1) is 0 Å². The molecule has 1 atom stereocenters. The summed E-state index contributed by atoms with van der Waals surface area (Å²) in [6.07, 6.45) is 6.74. The summed E-state index contributed by atoms with van der Waals surface area (Å²) in [7, 11) is 0. The number of amidine groups is 1. The smallest absolute Gasteiger partial charge is 0.157 e. The van der Waals surface area contributed by atoms with Gasteiger partial charge in [0.1, 0.15) is 0 Å². The summed E-state index contributed by atoms with van der Waals surface area (Å²) in [6.45, 7) is 4.54. The van der Waals surface area contributed by atoms with E-state index in [1.54, 1.807) is 0 Å². The van der Waals surface area contributed by atoms with Crippen molar-refractivity contribution in [3.8, 4) is 0 Å². The third-order valence-electron chi connectivity index (χ3n) is 3.53. The summed E-state index contributed by atoms with van der Waals surface area (Å²) in [6, 6.07) is 1.22. The molecule has 3 heteroatoms. The first-order valence-electron chi connectivity index (χ1n) is 6.25. The number of nitrogens with zero attached hydrogens (tertiary/aromatic N) is 1. The molecule has 0 bridgehead atoms. The summed E-state index contributed by atoms with van der Waals surface area (Å²) in [5, 5.41) is 4.64. The first-order valence-corrected chi connectivity index (χ1v) is 7.23. The fraction of sp³-hybridized carbons (Fsp3) is 0.917. The summed E-state index contributed by atoms with van der Waals surface area (Å²) < 4.78 is 0. The third kappa shape index (κ3) is 3.13. The number of hydrogen-bond donors (Lipinski definition) is 1. The quantitative estimate of drug-likeness (QED) is 0.782. The van der Waals surface area contributed by atoms with Crippen molar-refractivity contribution in [1.29, 1.82) is 0 Å². The molecule has 1 heterocycles. The van der Waals surface area contributed by atoms with Crippen LogP contribution >= 0.6 is 11.8 Å². The largest absolute Gasteiger partial charge is 0.362 e. The van der Waals surface area contributed by atoms with E-state index in [0.29, 0.717) is 12.1 Å². The van der Waals surface area contributed by atoms with E-state index in [2.05, 4.69) is 19.2 Å². The van der Waals surface area contributed by atoms with Gasteiger partial charge in [0.25, 0.3) is 0 Å². The van der Waals surface area contributed by atoms with Crippen LogP contribution in [0.15, 0.2) is 4.99 Å². The zero-order valence-corrected chi connectivity index (χ0v) is 10.6. The van der Waals surface area contributed by atoms with Crippen LogP contribution in [0, 0.1) is 5.92 Å². The Labute approximate surface area is 97.3 Å². The minimum atomic E-state index is 0.605. The molecule has 0 spiro atoms. The van der Waals surface area contributed by atoms with Crippen LogP contribution in [0.4, 0.5) is 0 Å². The maximum atomic E-state index is 4.82. The molecule has 2 rings (SSSR count). The van der Waals surface area contributed by atoms with E-state index in [1.807, 2.05) is 11.8 Å². The van der Waals surface area contributed by atoms with Gasteiger partial charge in [0.15, 0.2) is 5.17 Å². The first kappa shape index (κ1) is 11.3. The van der Waals surface area contributed by atoms with Crippen LogP contribution in [0.2, 0.25) is 0 Å². The van der Waals surface area contributed by atoms with E-state index in [4.69, 9.17) is 4.99 Å². The van der Waals surface area contributed by atoms with E-state index >= 15 is 0 Å². The Balaban J connectivity index is 1.81. The molecule has 15 heavy (non-hydrogen) atoms. The minimum Gasteiger partial charge on any atom is -0.362 e. The molecule has 1 saturated heterocycles. The Morgan fingerprint density at radius 2 is 2.07 bits per heavy atom. The standard InChI is InChI=1S/C12H22N2S/c1-3-10-4-6-11(7-5-10)14-12-13-9(2)8-15-12/h9-11H,3-8H2,1-2H3,(H,13,14). The molecule has 2 fully saturated rings. The first-order chi connectivity index (χ1) is 7.28. The highest BCUT2D eigenvalue weighted by molar-refractivity contribution is 8.14. The molecule has 1 saturated carbocycles. The van der Waals surface area contributed by atoms with E-state index in [-0.39, 0.29) is 0 Å². The fourth-order valence-corrected chi connectivity index (χ4v) is 3.42. The van der Waals surface area contributed by atoms with Crippen molar-refractivity contribution in [2.24, 2.45) is 10.9 Å². The van der Waals surface area contributed by atoms with Crippen LogP contribution in [-0.4, -0.2) is 23.0 Å². The molecule has 1 aliphatic heterocycles. The SMILES string of the molecule is CCC1CCC(N=C2NC(C)CS2)CC1. The van der Waals surface area contributed by atoms with E-state index < -0.39 is 0 Å². The van der Waals surface area contributed by atoms with Crippen molar-refractivity contribution in [3.63, 3.8) is 0 Å². The van der Waals surface area contributed by atoms with Crippen molar-refractivity contribution < 1.29 is 0 Å². The molecule has 1 N–H and O–H groups in total. The zero-order valence-electron chi connectivity index (χ0n) is 9.83. The highest BCUT2D eigenvalue weighted by atomic mass is 32.2. The molecular formula is C12H22N2S. The molecule has 1 aliphatic carbocycles. The lowest BCUT2D eigenvalue weighted by molar-refractivity contribution is 0.320. The Hall–Kier alpha value is -0.180. The van der Waals surface area contributed by atoms with Gasteiger partial charge >= 0.3 is 0 Å². The number of aliphatic imine (C=N–C) groups is 1. The van der Waals surface area contributed by atoms with Crippen LogP contribution in [-0.2, 0) is 0 Å². The number of thioether (sulfide) groups is 1. The average Bonchev–Trinajstić information content (AvgIpc) is 2.65. The molecule has 0 aromatic rings. The van der Waals surface area contributed by atoms with E-state index in [9.17, 15) is 0 Å². The van der Waals surface area contributed by atoms with Crippen LogP contribution in [0.3, 0.4) is 0 Å². The Bertz CT molecular complexity index is 232. The summed E-state index contributed by atoms with van der Waals surface area (Å²) >= 11 is 1.89. The highest BCUT2D eigenvalue weighted by Crippen LogP contribution is 2.29. The van der Waals surface area contributed by atoms with Crippen LogP contribution in [0.5, 0.6) is 0 Å². The number of nitrogens with one attached hydrogen (secondary N) is 1. The Kier molecular flexibility index (Phi) is 3.95. The van der Waals surface area contributed by atoms with Gasteiger partial charge in [-0.05, 0) is 38.5 Å². The Morgan fingerprint density at radius 1 is 1.33 bits per heavy atom. The summed E-state index contributed by atoms with van der Waals surface area (Å²) in [4.78, 5) is 4.82. The maximum absolute atomic E-state index is 4.82. The van der Waals surface area contributed by atoms with Gasteiger partial charge in [0, 0.05) is 11.8 Å². The molecule has 86 valence electrons. The highest BCUT2D eigenvalue weighted by Gasteiger charge is 2.22. The molecule has 0 aromatic carbocycles. The second-order valence-corrected chi connectivity index (χ2v) is 5.88. The van der Waals surface area contributed by atoms with Gasteiger partial charge in [-0.2, -0.15) is 0 Å². The van der Waals surface area contributed by atoms with Gasteiger partial charge in [0.05, 0.1) is 6.04 Å². The van der Waals surface area contributed by atoms with Crippen molar-refractivity contribution >= 4 is 16.9 Å².